The van der Waals surface area contributed by atoms with Gasteiger partial charge in [0.25, 0.3) is 16.7 Å². The van der Waals surface area contributed by atoms with E-state index in [2.05, 4.69) is 97.7 Å². The molecule has 57 nitrogen and oxygen atoms in total. The van der Waals surface area contributed by atoms with Gasteiger partial charge in [0, 0.05) is 25.3 Å². The van der Waals surface area contributed by atoms with E-state index in [0.29, 0.717) is 16.9 Å². The second-order valence-corrected chi connectivity index (χ2v) is 49.2. The van der Waals surface area contributed by atoms with Crippen LogP contribution in [0.5, 0.6) is 0 Å². The van der Waals surface area contributed by atoms with Crippen molar-refractivity contribution in [2.45, 2.75) is 142 Å². The summed E-state index contributed by atoms with van der Waals surface area (Å²) in [6, 6.07) is 4.49. The Morgan fingerprint density at radius 1 is 0.547 bits per heavy atom. The average Bonchev–Trinajstić information content (AvgIpc) is 1.55. The lowest BCUT2D eigenvalue weighted by atomic mass is 10.0. The van der Waals surface area contributed by atoms with Gasteiger partial charge < -0.3 is 92.0 Å². The van der Waals surface area contributed by atoms with Crippen LogP contribution in [-0.4, -0.2) is 303 Å². The number of nitrogens with zero attached hydrogens (tertiary/aromatic N) is 20. The number of H-pyrrole nitrogens is 3. The number of fused-ring (bicyclic) bond motifs is 14. The van der Waals surface area contributed by atoms with Gasteiger partial charge in [-0.1, -0.05) is 22.7 Å². The van der Waals surface area contributed by atoms with E-state index in [4.69, 9.17) is 127 Å². The molecule has 0 radical (unpaired) electrons. The zero-order valence-corrected chi connectivity index (χ0v) is 79.0. The van der Waals surface area contributed by atoms with Gasteiger partial charge in [0.1, 0.15) is 101 Å². The molecule has 9 fully saturated rings. The number of imidazole rings is 4. The van der Waals surface area contributed by atoms with Gasteiger partial charge in [-0.2, -0.15) is 24.3 Å². The molecule has 21 heterocycles. The molecule has 21 N–H and O–H groups in total. The monoisotopic (exact) mass is 2160 g/mol. The quantitative estimate of drug-likeness (QED) is 0.0420. The Balaban J connectivity index is 0.000000132. The van der Waals surface area contributed by atoms with Crippen molar-refractivity contribution < 1.29 is 138 Å². The molecule has 738 valence electrons. The molecular formula is C63H72F5N29O28P6S6. The van der Waals surface area contributed by atoms with Crippen molar-refractivity contribution in [1.29, 1.82) is 0 Å². The number of alkyl halides is 5. The lowest BCUT2D eigenvalue weighted by Gasteiger charge is -2.32. The van der Waals surface area contributed by atoms with E-state index in [-0.39, 0.29) is 98.3 Å². The number of hydrogen-bond acceptors (Lipinski definition) is 48. The second kappa shape index (κ2) is 37.1. The van der Waals surface area contributed by atoms with Crippen molar-refractivity contribution in [3.05, 3.63) is 93.2 Å². The van der Waals surface area contributed by atoms with Crippen LogP contribution in [-0.2, 0) is 111 Å². The maximum atomic E-state index is 15.9. The maximum Gasteiger partial charge on any atom is 0.472 e. The van der Waals surface area contributed by atoms with E-state index < -0.39 is 235 Å². The van der Waals surface area contributed by atoms with Crippen LogP contribution in [0.15, 0.2) is 76.5 Å². The van der Waals surface area contributed by atoms with Crippen LogP contribution in [0.25, 0.3) is 67.0 Å². The number of hydrogen-bond donors (Lipinski definition) is 16. The third-order valence-electron chi connectivity index (χ3n) is 22.4. The first kappa shape index (κ1) is 97.8. The van der Waals surface area contributed by atoms with Crippen molar-refractivity contribution in [3.8, 4) is 0 Å². The minimum atomic E-state index is -5.10. The van der Waals surface area contributed by atoms with Crippen LogP contribution < -0.4 is 51.1 Å². The summed E-state index contributed by atoms with van der Waals surface area (Å²) in [7, 11) is -15.2. The normalized spacial score (nSPS) is 36.1. The van der Waals surface area contributed by atoms with Crippen molar-refractivity contribution in [2.75, 3.05) is 87.3 Å². The average molecular weight is 2160 g/mol. The fraction of sp³-hybridized carbons (Fsp3) is 0.508. The highest BCUT2D eigenvalue weighted by Gasteiger charge is 2.66. The zero-order chi connectivity index (χ0) is 97.1. The Hall–Kier alpha value is -8.00. The fourth-order valence-electron chi connectivity index (χ4n) is 16.2. The number of aliphatic hydroxyl groups excluding tert-OH is 1. The first-order valence-corrected chi connectivity index (χ1v) is 55.4. The van der Waals surface area contributed by atoms with Gasteiger partial charge >= 0.3 is 37.0 Å². The van der Waals surface area contributed by atoms with Crippen molar-refractivity contribution in [1.82, 2.24) is 113 Å². The maximum absolute atomic E-state index is 15.9. The first-order valence-electron chi connectivity index (χ1n) is 39.6. The van der Waals surface area contributed by atoms with E-state index in [0.717, 1.165) is 44.6 Å². The van der Waals surface area contributed by atoms with Gasteiger partial charge in [0.2, 0.25) is 17.8 Å². The van der Waals surface area contributed by atoms with Gasteiger partial charge in [0.05, 0.1) is 104 Å². The standard InChI is InChI=1S/C23H28FN9O10P2S2.2C20H22F2N10O9P2S2/c1-44(36,46)41-6-23-5-39-15(20(42-23)32-7-28-12-9(25)2-3-27-17(12)32)16(23)43-45(37,38)40-4-10-11(24)14(34)21(47-10)33-8-29-13-18(33)30-22(26)31-19(13)35;2*21-9-8-4-37-42(34,35)40-13-7(39-18(10(13)22)32-15-11(29-30-32)6(23)1-2-25-15)3-38-43(36,44)41-14(9)19(45-8)31-5-26-12-16(31)27-20(24)28-17(12)33/h2-3,7-8,10-11,14-16,20-21,34H,4-6H2,1H3,(H2,25,27)(H,36,46)(H,37,38)(H3,26,30,31,35);2*1-2,5,7-10,13-14,18-19H,3-4H2,(H2,23,25)(H,34,35)(H,36,44)(H3,24,27,28,33)/t10-,11+,14-,15-,16+,20-,21-,23-,44?;2*7-,8-,9+,10+,13-,14-,18-,19-,43?/m111/s1. The number of ether oxygens (including phenoxy) is 4. The Morgan fingerprint density at radius 2 is 0.993 bits per heavy atom. The van der Waals surface area contributed by atoms with Gasteiger partial charge in [-0.05, 0) is 41.8 Å². The summed E-state index contributed by atoms with van der Waals surface area (Å²) in [4.78, 5) is 138. The minimum absolute atomic E-state index is 0.0237. The molecule has 12 aromatic rings. The molecule has 30 atom stereocenters. The number of pyridine rings is 3. The number of aliphatic hydroxyl groups is 1. The van der Waals surface area contributed by atoms with E-state index in [1.54, 1.807) is 6.07 Å². The molecule has 21 rings (SSSR count). The van der Waals surface area contributed by atoms with Crippen LogP contribution in [0.3, 0.4) is 0 Å². The van der Waals surface area contributed by atoms with Crippen LogP contribution in [0.4, 0.5) is 56.9 Å². The molecule has 0 spiro atoms. The molecule has 74 heteroatoms. The van der Waals surface area contributed by atoms with Gasteiger partial charge in [0.15, 0.2) is 99.0 Å². The molecule has 137 heavy (non-hydrogen) atoms. The Kier molecular flexibility index (Phi) is 26.5. The number of aromatic nitrogens is 23. The number of nitrogens with one attached hydrogen (secondary N) is 3. The number of halogens is 5. The van der Waals surface area contributed by atoms with E-state index in [9.17, 15) is 62.2 Å². The molecule has 0 aliphatic carbocycles. The van der Waals surface area contributed by atoms with Gasteiger partial charge in [-0.15, -0.1) is 45.5 Å². The summed E-state index contributed by atoms with van der Waals surface area (Å²) in [5, 5.41) is 19.4. The van der Waals surface area contributed by atoms with Crippen molar-refractivity contribution in [3.63, 3.8) is 0 Å². The molecule has 0 amide bonds. The number of nitrogen functional groups attached to an aromatic ring is 6. The molecule has 6 bridgehead atoms. The predicted molar refractivity (Wildman–Crippen MR) is 476 cm³/mol. The third-order valence-corrected chi connectivity index (χ3v) is 34.0. The number of phosphoric ester groups is 3. The van der Waals surface area contributed by atoms with E-state index in [1.165, 1.54) is 81.0 Å². The lowest BCUT2D eigenvalue weighted by Crippen LogP contribution is -2.45. The zero-order valence-electron chi connectivity index (χ0n) is 68.6. The number of rotatable bonds is 14. The predicted octanol–water partition coefficient (Wildman–Crippen LogP) is 1.87. The molecule has 9 saturated heterocycles. The summed E-state index contributed by atoms with van der Waals surface area (Å²) in [6.45, 7) is -14.9. The number of anilines is 6. The lowest BCUT2D eigenvalue weighted by molar-refractivity contribution is -0.182. The Morgan fingerprint density at radius 3 is 1.48 bits per heavy atom. The van der Waals surface area contributed by atoms with Crippen molar-refractivity contribution in [2.24, 2.45) is 0 Å². The van der Waals surface area contributed by atoms with E-state index in [1.807, 2.05) is 0 Å². The second-order valence-electron chi connectivity index (χ2n) is 31.4. The first-order chi connectivity index (χ1) is 64.8. The topological polar surface area (TPSA) is 793 Å². The number of phosphoric acid groups is 3. The van der Waals surface area contributed by atoms with Crippen LogP contribution in [0, 0.1) is 0 Å². The highest BCUT2D eigenvalue weighted by Crippen LogP contribution is 2.64. The summed E-state index contributed by atoms with van der Waals surface area (Å²) in [6.07, 6.45) is -19.1. The van der Waals surface area contributed by atoms with Crippen LogP contribution in [0.2, 0.25) is 0 Å². The van der Waals surface area contributed by atoms with Crippen molar-refractivity contribution >= 4 is 217 Å². The molecule has 9 aliphatic rings. The van der Waals surface area contributed by atoms with Gasteiger partial charge in [-0.25, -0.2) is 75.1 Å². The number of thioether (sulfide) groups is 3. The highest BCUT2D eigenvalue weighted by molar-refractivity contribution is 8.44. The summed E-state index contributed by atoms with van der Waals surface area (Å²) in [5.74, 6) is -0.684. The molecule has 0 saturated carbocycles. The summed E-state index contributed by atoms with van der Waals surface area (Å²) in [5.41, 5.74) is 32.9. The molecule has 0 aromatic carbocycles. The SMILES string of the molecule is CP(O)(=S)OC[C@@]12CO[C@@H]([C@H](n3cnc4c(N)ccnc43)O1)[C@@H]2OP(=O)(O)OC[C@H]1S[C@@H](n2cnc3c(=O)[nH]c(N)nc32)[C@H](O)[C@H]1F.Nc1nc2c(ncn2[C@@H]2S[C@@H]3COP(=O)(O)O[C@H]4[C@H](F)[C@H](n5nnc6c(N)ccnc65)O[C@@H]4COP(=O)(S)O[C@@H]2[C@H]3F)c(=O)[nH]1.Nc1nc2c(ncn2[C@@H]2S[C@@H]3COP(=O)(O)O[C@H]4[C@H](F)[C@H](n5nnc6c(N)ccnc65)O[C@@H]4COP(O)(=S)O[C@@H]2[C@H]3F)c(=O)[nH]1. The number of aromatic amines is 3. The minimum Gasteiger partial charge on any atom is -0.397 e. The number of thiol groups is 1. The molecule has 6 unspecified atom stereocenters. The molecule has 9 aliphatic heterocycles. The third kappa shape index (κ3) is 19.0. The van der Waals surface area contributed by atoms with Crippen LogP contribution in [0.1, 0.15) is 34.8 Å². The molecule has 12 aromatic heterocycles. The largest absolute Gasteiger partial charge is 0.472 e. The highest BCUT2D eigenvalue weighted by atomic mass is 32.7. The summed E-state index contributed by atoms with van der Waals surface area (Å²) >= 11 is 16.7. The Labute approximate surface area is 785 Å². The molecular weight excluding hydrogens is 2080 g/mol. The van der Waals surface area contributed by atoms with Gasteiger partial charge in [-0.3, -0.25) is 88.3 Å². The number of nitrogens with two attached hydrogens (primary N) is 6. The van der Waals surface area contributed by atoms with E-state index >= 15 is 22.0 Å². The Bertz CT molecular complexity index is 6960. The smallest absolute Gasteiger partial charge is 0.397 e. The van der Waals surface area contributed by atoms with Crippen LogP contribution >= 0.6 is 91.0 Å². The summed E-state index contributed by atoms with van der Waals surface area (Å²) < 4.78 is 222. The fourth-order valence-corrected chi connectivity index (χ4v) is 27.4.